The fourth-order valence-corrected chi connectivity index (χ4v) is 4.42. The van der Waals surface area contributed by atoms with Gasteiger partial charge in [-0.25, -0.2) is 0 Å². The molecule has 2 aromatic carbocycles. The Hall–Kier alpha value is -2.29. The quantitative estimate of drug-likeness (QED) is 0.711. The normalized spacial score (nSPS) is 27.1. The Labute approximate surface area is 161 Å². The van der Waals surface area contributed by atoms with Gasteiger partial charge in [0.25, 0.3) is 0 Å². The van der Waals surface area contributed by atoms with Crippen LogP contribution in [-0.2, 0) is 11.2 Å². The minimum absolute atomic E-state index is 0.0898. The smallest absolute Gasteiger partial charge is 0.306 e. The first-order valence-electron chi connectivity index (χ1n) is 10.2. The molecule has 2 saturated carbocycles. The highest BCUT2D eigenvalue weighted by molar-refractivity contribution is 5.73. The third kappa shape index (κ3) is 4.71. The van der Waals surface area contributed by atoms with E-state index in [2.05, 4.69) is 24.3 Å². The summed E-state index contributed by atoms with van der Waals surface area (Å²) in [5.74, 6) is 1.21. The van der Waals surface area contributed by atoms with Crippen molar-refractivity contribution >= 4 is 5.97 Å². The van der Waals surface area contributed by atoms with Crippen LogP contribution in [0.1, 0.15) is 55.6 Å². The summed E-state index contributed by atoms with van der Waals surface area (Å²) in [5.41, 5.74) is 2.73. The van der Waals surface area contributed by atoms with E-state index in [1.165, 1.54) is 24.0 Å². The Morgan fingerprint density at radius 1 is 1.00 bits per heavy atom. The molecule has 0 aliphatic heterocycles. The molecule has 1 N–H and O–H groups in total. The van der Waals surface area contributed by atoms with E-state index in [9.17, 15) is 4.79 Å². The van der Waals surface area contributed by atoms with Crippen LogP contribution in [0.2, 0.25) is 0 Å². The Kier molecular flexibility index (Phi) is 5.47. The molecule has 2 fully saturated rings. The summed E-state index contributed by atoms with van der Waals surface area (Å²) >= 11 is 0. The maximum atomic E-state index is 10.9. The Morgan fingerprint density at radius 2 is 1.78 bits per heavy atom. The molecule has 0 heterocycles. The van der Waals surface area contributed by atoms with Crippen molar-refractivity contribution in [1.82, 2.24) is 0 Å². The molecule has 2 aliphatic rings. The number of aliphatic carboxylic acids is 1. The Balaban J connectivity index is 1.29. The summed E-state index contributed by atoms with van der Waals surface area (Å²) in [6.45, 7) is 0. The number of rotatable bonds is 7. The molecule has 3 nitrogen and oxygen atoms in total. The summed E-state index contributed by atoms with van der Waals surface area (Å²) in [5, 5.41) is 9.01. The second-order valence-electron chi connectivity index (χ2n) is 8.14. The number of carboxylic acid groups (broad SMARTS) is 1. The van der Waals surface area contributed by atoms with Gasteiger partial charge in [-0.3, -0.25) is 4.79 Å². The second-order valence-corrected chi connectivity index (χ2v) is 8.14. The van der Waals surface area contributed by atoms with Gasteiger partial charge < -0.3 is 9.84 Å². The molecular formula is C24H28O3. The molecule has 2 aliphatic carbocycles. The molecule has 0 unspecified atom stereocenters. The average molecular weight is 364 g/mol. The van der Waals surface area contributed by atoms with E-state index in [0.717, 1.165) is 37.9 Å². The number of carboxylic acids is 1. The predicted octanol–water partition coefficient (Wildman–Crippen LogP) is 5.45. The monoisotopic (exact) mass is 364 g/mol. The molecule has 0 aromatic heterocycles. The van der Waals surface area contributed by atoms with E-state index in [4.69, 9.17) is 9.84 Å². The molecule has 2 aromatic rings. The second kappa shape index (κ2) is 8.16. The highest BCUT2D eigenvalue weighted by Gasteiger charge is 2.42. The third-order valence-corrected chi connectivity index (χ3v) is 6.17. The van der Waals surface area contributed by atoms with Gasteiger partial charge in [0.15, 0.2) is 0 Å². The standard InChI is InChI=1S/C24H28O3/c25-24(26)23-16-20(23)14-11-17-9-12-18(13-10-17)19-5-4-8-22(15-19)27-21-6-2-1-3-7-21/h1-3,6-7,9-10,12-13,19-20,22-23H,4-5,8,11,14-16H2,(H,25,26)/t19-,20-,22-,23-/m0/s1. The molecule has 0 saturated heterocycles. The van der Waals surface area contributed by atoms with Gasteiger partial charge in [0, 0.05) is 0 Å². The van der Waals surface area contributed by atoms with Gasteiger partial charge in [-0.05, 0) is 80.0 Å². The van der Waals surface area contributed by atoms with E-state index in [-0.39, 0.29) is 5.92 Å². The van der Waals surface area contributed by atoms with Crippen LogP contribution in [0.25, 0.3) is 0 Å². The number of hydrogen-bond donors (Lipinski definition) is 1. The Bertz CT molecular complexity index is 753. The predicted molar refractivity (Wildman–Crippen MR) is 106 cm³/mol. The lowest BCUT2D eigenvalue weighted by Crippen LogP contribution is -2.24. The maximum absolute atomic E-state index is 10.9. The average Bonchev–Trinajstić information content (AvgIpc) is 3.48. The van der Waals surface area contributed by atoms with Gasteiger partial charge in [0.1, 0.15) is 5.75 Å². The van der Waals surface area contributed by atoms with Crippen molar-refractivity contribution in [2.24, 2.45) is 11.8 Å². The van der Waals surface area contributed by atoms with Crippen LogP contribution in [0.4, 0.5) is 0 Å². The van der Waals surface area contributed by atoms with Crippen molar-refractivity contribution in [3.05, 3.63) is 65.7 Å². The van der Waals surface area contributed by atoms with Crippen molar-refractivity contribution in [2.75, 3.05) is 0 Å². The van der Waals surface area contributed by atoms with Gasteiger partial charge in [-0.2, -0.15) is 0 Å². The van der Waals surface area contributed by atoms with E-state index in [0.29, 0.717) is 17.9 Å². The lowest BCUT2D eigenvalue weighted by atomic mass is 9.82. The minimum atomic E-state index is -0.625. The summed E-state index contributed by atoms with van der Waals surface area (Å²) < 4.78 is 6.18. The van der Waals surface area contributed by atoms with Crippen molar-refractivity contribution in [3.63, 3.8) is 0 Å². The number of aryl methyl sites for hydroxylation is 1. The molecule has 0 bridgehead atoms. The van der Waals surface area contributed by atoms with E-state index < -0.39 is 5.97 Å². The van der Waals surface area contributed by atoms with Crippen LogP contribution >= 0.6 is 0 Å². The highest BCUT2D eigenvalue weighted by atomic mass is 16.5. The first kappa shape index (κ1) is 18.1. The first-order chi connectivity index (χ1) is 13.2. The lowest BCUT2D eigenvalue weighted by Gasteiger charge is -2.30. The van der Waals surface area contributed by atoms with Crippen molar-refractivity contribution < 1.29 is 14.6 Å². The van der Waals surface area contributed by atoms with E-state index in [1.54, 1.807) is 0 Å². The molecule has 3 heteroatoms. The first-order valence-corrected chi connectivity index (χ1v) is 10.2. The maximum Gasteiger partial charge on any atom is 0.306 e. The number of benzene rings is 2. The zero-order valence-corrected chi connectivity index (χ0v) is 15.7. The highest BCUT2D eigenvalue weighted by Crippen LogP contribution is 2.42. The number of carbonyl (C=O) groups is 1. The molecule has 0 amide bonds. The summed E-state index contributed by atoms with van der Waals surface area (Å²) in [6, 6.07) is 19.1. The van der Waals surface area contributed by atoms with Gasteiger partial charge in [-0.15, -0.1) is 0 Å². The largest absolute Gasteiger partial charge is 0.490 e. The van der Waals surface area contributed by atoms with Gasteiger partial charge >= 0.3 is 5.97 Å². The van der Waals surface area contributed by atoms with Crippen LogP contribution in [0.3, 0.4) is 0 Å². The third-order valence-electron chi connectivity index (χ3n) is 6.17. The van der Waals surface area contributed by atoms with Crippen molar-refractivity contribution in [3.8, 4) is 5.75 Å². The van der Waals surface area contributed by atoms with E-state index >= 15 is 0 Å². The number of ether oxygens (including phenoxy) is 1. The molecule has 27 heavy (non-hydrogen) atoms. The summed E-state index contributed by atoms with van der Waals surface area (Å²) in [4.78, 5) is 10.9. The zero-order valence-electron chi connectivity index (χ0n) is 15.7. The molecule has 4 rings (SSSR count). The van der Waals surface area contributed by atoms with Crippen LogP contribution in [0, 0.1) is 11.8 Å². The number of hydrogen-bond acceptors (Lipinski definition) is 2. The van der Waals surface area contributed by atoms with Crippen LogP contribution < -0.4 is 4.74 Å². The fourth-order valence-electron chi connectivity index (χ4n) is 4.42. The van der Waals surface area contributed by atoms with E-state index in [1.807, 2.05) is 30.3 Å². The van der Waals surface area contributed by atoms with Crippen LogP contribution in [-0.4, -0.2) is 17.2 Å². The fraction of sp³-hybridized carbons (Fsp3) is 0.458. The topological polar surface area (TPSA) is 46.5 Å². The van der Waals surface area contributed by atoms with Gasteiger partial charge in [-0.1, -0.05) is 42.5 Å². The molecular weight excluding hydrogens is 336 g/mol. The summed E-state index contributed by atoms with van der Waals surface area (Å²) in [7, 11) is 0. The van der Waals surface area contributed by atoms with Gasteiger partial charge in [0.2, 0.25) is 0 Å². The molecule has 142 valence electrons. The molecule has 0 radical (unpaired) electrons. The van der Waals surface area contributed by atoms with Gasteiger partial charge in [0.05, 0.1) is 12.0 Å². The SMILES string of the molecule is O=C(O)[C@H]1C[C@@H]1CCc1ccc([C@H]2CCC[C@H](Oc3ccccc3)C2)cc1. The lowest BCUT2D eigenvalue weighted by molar-refractivity contribution is -0.138. The molecule has 4 atom stereocenters. The Morgan fingerprint density at radius 3 is 2.48 bits per heavy atom. The molecule has 0 spiro atoms. The zero-order chi connectivity index (χ0) is 18.6. The van der Waals surface area contributed by atoms with Crippen molar-refractivity contribution in [1.29, 1.82) is 0 Å². The van der Waals surface area contributed by atoms with Crippen LogP contribution in [0.5, 0.6) is 5.75 Å². The van der Waals surface area contributed by atoms with Crippen LogP contribution in [0.15, 0.2) is 54.6 Å². The minimum Gasteiger partial charge on any atom is -0.490 e. The summed E-state index contributed by atoms with van der Waals surface area (Å²) in [6.07, 6.45) is 7.79. The number of para-hydroxylation sites is 1. The van der Waals surface area contributed by atoms with Crippen molar-refractivity contribution in [2.45, 2.75) is 57.0 Å².